The van der Waals surface area contributed by atoms with E-state index in [0.717, 1.165) is 13.0 Å². The Morgan fingerprint density at radius 3 is 2.56 bits per heavy atom. The van der Waals surface area contributed by atoms with E-state index in [0.29, 0.717) is 6.54 Å². The van der Waals surface area contributed by atoms with E-state index in [2.05, 4.69) is 10.4 Å². The minimum absolute atomic E-state index is 0.00936. The number of hydrogen-bond donors (Lipinski definition) is 1. The smallest absolute Gasteiger partial charge is 0.408 e. The van der Waals surface area contributed by atoms with Crippen LogP contribution in [0.4, 0.5) is 23.2 Å². The summed E-state index contributed by atoms with van der Waals surface area (Å²) in [6, 6.07) is 1.67. The average molecular weight is 408 g/mol. The van der Waals surface area contributed by atoms with Crippen molar-refractivity contribution in [3.8, 4) is 11.3 Å². The van der Waals surface area contributed by atoms with Crippen LogP contribution in [-0.2, 0) is 11.3 Å². The predicted molar refractivity (Wildman–Crippen MR) is 93.4 cm³/mol. The van der Waals surface area contributed by atoms with Crippen LogP contribution in [0.25, 0.3) is 11.3 Å². The lowest BCUT2D eigenvalue weighted by atomic mass is 10.1. The molecule has 0 aliphatic rings. The Labute approximate surface area is 158 Å². The van der Waals surface area contributed by atoms with Gasteiger partial charge in [-0.05, 0) is 39.0 Å². The molecule has 148 valence electrons. The highest BCUT2D eigenvalue weighted by atomic mass is 35.5. The first-order chi connectivity index (χ1) is 12.6. The number of ether oxygens (including phenoxy) is 1. The molecule has 10 heteroatoms. The van der Waals surface area contributed by atoms with Crippen LogP contribution in [0.1, 0.15) is 31.3 Å². The van der Waals surface area contributed by atoms with Gasteiger partial charge >= 0.3 is 12.1 Å². The fourth-order valence-electron chi connectivity index (χ4n) is 2.38. The number of carbonyl (C=O) groups is 1. The van der Waals surface area contributed by atoms with Crippen LogP contribution in [0.5, 0.6) is 0 Å². The third-order valence-corrected chi connectivity index (χ3v) is 4.12. The lowest BCUT2D eigenvalue weighted by molar-refractivity contribution is -0.138. The van der Waals surface area contributed by atoms with Crippen molar-refractivity contribution >= 4 is 23.3 Å². The fraction of sp³-hybridized carbons (Fsp3) is 0.412. The summed E-state index contributed by atoms with van der Waals surface area (Å²) in [6.45, 7) is 4.69. The Bertz CT molecular complexity index is 836. The van der Waals surface area contributed by atoms with Gasteiger partial charge in [0.25, 0.3) is 0 Å². The third kappa shape index (κ3) is 4.52. The van der Waals surface area contributed by atoms with E-state index in [9.17, 15) is 22.4 Å². The molecule has 1 aromatic heterocycles. The number of aromatic nitrogens is 2. The standard InChI is InChI=1S/C17H18ClF4N3O2/c1-4-25-15(13(18)14(24-25)16(26)27-5-2)11-7-6-10(8-12(11)19)23-9(3)17(20,21)22/h6-9,23H,4-5H2,1-3H3/t9-/m1/s1. The van der Waals surface area contributed by atoms with Crippen LogP contribution in [0.15, 0.2) is 18.2 Å². The number of benzene rings is 1. The Balaban J connectivity index is 2.43. The first-order valence-electron chi connectivity index (χ1n) is 8.16. The van der Waals surface area contributed by atoms with Gasteiger partial charge in [0, 0.05) is 17.8 Å². The largest absolute Gasteiger partial charge is 0.461 e. The van der Waals surface area contributed by atoms with Crippen molar-refractivity contribution in [1.29, 1.82) is 0 Å². The zero-order valence-corrected chi connectivity index (χ0v) is 15.6. The first kappa shape index (κ1) is 21.0. The molecule has 1 atom stereocenters. The van der Waals surface area contributed by atoms with Crippen molar-refractivity contribution < 1.29 is 27.1 Å². The molecule has 0 radical (unpaired) electrons. The first-order valence-corrected chi connectivity index (χ1v) is 8.54. The molecular formula is C17H18ClF4N3O2. The molecule has 0 spiro atoms. The van der Waals surface area contributed by atoms with Crippen molar-refractivity contribution in [2.45, 2.75) is 39.5 Å². The number of anilines is 1. The summed E-state index contributed by atoms with van der Waals surface area (Å²) in [5.74, 6) is -1.55. The van der Waals surface area contributed by atoms with Crippen LogP contribution in [-0.4, -0.2) is 34.6 Å². The van der Waals surface area contributed by atoms with Gasteiger partial charge in [-0.2, -0.15) is 18.3 Å². The second-order valence-electron chi connectivity index (χ2n) is 5.65. The molecule has 2 rings (SSSR count). The van der Waals surface area contributed by atoms with Gasteiger partial charge in [0.15, 0.2) is 5.69 Å². The van der Waals surface area contributed by atoms with Gasteiger partial charge < -0.3 is 10.1 Å². The monoisotopic (exact) mass is 407 g/mol. The molecule has 27 heavy (non-hydrogen) atoms. The van der Waals surface area contributed by atoms with Crippen molar-refractivity contribution in [1.82, 2.24) is 9.78 Å². The lowest BCUT2D eigenvalue weighted by Gasteiger charge is -2.18. The van der Waals surface area contributed by atoms with Crippen LogP contribution in [0, 0.1) is 5.82 Å². The van der Waals surface area contributed by atoms with Crippen molar-refractivity contribution in [2.75, 3.05) is 11.9 Å². The number of aryl methyl sites for hydroxylation is 1. The van der Waals surface area contributed by atoms with Crippen molar-refractivity contribution in [2.24, 2.45) is 0 Å². The molecule has 0 bridgehead atoms. The summed E-state index contributed by atoms with van der Waals surface area (Å²) in [7, 11) is 0. The fourth-order valence-corrected chi connectivity index (χ4v) is 2.70. The average Bonchev–Trinajstić information content (AvgIpc) is 2.91. The molecule has 1 heterocycles. The number of nitrogens with one attached hydrogen (secondary N) is 1. The summed E-state index contributed by atoms with van der Waals surface area (Å²) < 4.78 is 58.7. The summed E-state index contributed by atoms with van der Waals surface area (Å²) in [5, 5.41) is 6.15. The molecule has 0 aliphatic carbocycles. The van der Waals surface area contributed by atoms with Gasteiger partial charge in [-0.3, -0.25) is 4.68 Å². The molecule has 2 aromatic rings. The van der Waals surface area contributed by atoms with E-state index in [1.165, 1.54) is 16.8 Å². The van der Waals surface area contributed by atoms with Crippen LogP contribution < -0.4 is 5.32 Å². The summed E-state index contributed by atoms with van der Waals surface area (Å²) in [6.07, 6.45) is -4.46. The van der Waals surface area contributed by atoms with E-state index in [4.69, 9.17) is 16.3 Å². The highest BCUT2D eigenvalue weighted by molar-refractivity contribution is 6.35. The number of hydrogen-bond acceptors (Lipinski definition) is 4. The minimum Gasteiger partial charge on any atom is -0.461 e. The zero-order valence-electron chi connectivity index (χ0n) is 14.8. The third-order valence-electron chi connectivity index (χ3n) is 3.76. The van der Waals surface area contributed by atoms with Crippen LogP contribution in [0.2, 0.25) is 5.02 Å². The zero-order chi connectivity index (χ0) is 20.4. The van der Waals surface area contributed by atoms with E-state index >= 15 is 0 Å². The Morgan fingerprint density at radius 1 is 1.37 bits per heavy atom. The van der Waals surface area contributed by atoms with Gasteiger partial charge in [-0.25, -0.2) is 9.18 Å². The van der Waals surface area contributed by atoms with Gasteiger partial charge in [0.2, 0.25) is 0 Å². The van der Waals surface area contributed by atoms with Crippen molar-refractivity contribution in [3.05, 3.63) is 34.7 Å². The van der Waals surface area contributed by atoms with Gasteiger partial charge in [-0.1, -0.05) is 11.6 Å². The second-order valence-corrected chi connectivity index (χ2v) is 6.03. The van der Waals surface area contributed by atoms with Crippen LogP contribution in [0.3, 0.4) is 0 Å². The molecule has 0 fully saturated rings. The van der Waals surface area contributed by atoms with E-state index < -0.39 is 24.0 Å². The van der Waals surface area contributed by atoms with Gasteiger partial charge in [0.05, 0.1) is 12.3 Å². The SMILES string of the molecule is CCOC(=O)c1nn(CC)c(-c2ccc(N[C@H](C)C(F)(F)F)cc2F)c1Cl. The number of rotatable bonds is 6. The Morgan fingerprint density at radius 2 is 2.04 bits per heavy atom. The highest BCUT2D eigenvalue weighted by Gasteiger charge is 2.36. The number of alkyl halides is 3. The summed E-state index contributed by atoms with van der Waals surface area (Å²) in [4.78, 5) is 11.9. The second kappa shape index (κ2) is 8.16. The number of esters is 1. The molecule has 0 saturated carbocycles. The van der Waals surface area contributed by atoms with E-state index in [1.807, 2.05) is 0 Å². The maximum absolute atomic E-state index is 14.6. The van der Waals surface area contributed by atoms with Crippen molar-refractivity contribution in [3.63, 3.8) is 0 Å². The molecule has 1 N–H and O–H groups in total. The molecule has 5 nitrogen and oxygen atoms in total. The molecule has 0 saturated heterocycles. The number of carbonyl (C=O) groups excluding carboxylic acids is 1. The highest BCUT2D eigenvalue weighted by Crippen LogP contribution is 2.34. The maximum Gasteiger partial charge on any atom is 0.408 e. The maximum atomic E-state index is 14.6. The Kier molecular flexibility index (Phi) is 6.35. The predicted octanol–water partition coefficient (Wildman–Crippen LogP) is 4.90. The molecule has 1 aromatic carbocycles. The summed E-state index contributed by atoms with van der Waals surface area (Å²) >= 11 is 6.21. The topological polar surface area (TPSA) is 56.1 Å². The van der Waals surface area contributed by atoms with Gasteiger partial charge in [0.1, 0.15) is 16.9 Å². The number of nitrogens with zero attached hydrogens (tertiary/aromatic N) is 2. The Hall–Kier alpha value is -2.29. The minimum atomic E-state index is -4.46. The van der Waals surface area contributed by atoms with E-state index in [1.54, 1.807) is 13.8 Å². The van der Waals surface area contributed by atoms with Gasteiger partial charge in [-0.15, -0.1) is 0 Å². The molecule has 0 unspecified atom stereocenters. The molecule has 0 aliphatic heterocycles. The molecule has 0 amide bonds. The number of halogens is 5. The van der Waals surface area contributed by atoms with Crippen LogP contribution >= 0.6 is 11.6 Å². The molecular weight excluding hydrogens is 390 g/mol. The lowest BCUT2D eigenvalue weighted by Crippen LogP contribution is -2.33. The normalized spacial score (nSPS) is 12.7. The summed E-state index contributed by atoms with van der Waals surface area (Å²) in [5.41, 5.74) is -0.0294. The quantitative estimate of drug-likeness (QED) is 0.546. The van der Waals surface area contributed by atoms with E-state index in [-0.39, 0.29) is 34.3 Å².